The van der Waals surface area contributed by atoms with E-state index in [0.717, 1.165) is 12.3 Å². The van der Waals surface area contributed by atoms with Gasteiger partial charge in [-0.3, -0.25) is 14.5 Å². The minimum Gasteiger partial charge on any atom is -0.364 e. The van der Waals surface area contributed by atoms with Crippen LogP contribution in [0.3, 0.4) is 0 Å². The molecule has 0 saturated heterocycles. The van der Waals surface area contributed by atoms with E-state index in [9.17, 15) is 18.0 Å². The summed E-state index contributed by atoms with van der Waals surface area (Å²) in [4.78, 5) is 15.0. The molecule has 142 valence electrons. The van der Waals surface area contributed by atoms with E-state index in [2.05, 4.69) is 15.2 Å². The minimum atomic E-state index is -4.54. The molecule has 0 aliphatic carbocycles. The number of hydrogen-bond acceptors (Lipinski definition) is 4. The smallest absolute Gasteiger partial charge is 0.364 e. The molecule has 10 heteroatoms. The Labute approximate surface area is 152 Å². The third-order valence-electron chi connectivity index (χ3n) is 4.28. The van der Waals surface area contributed by atoms with Crippen LogP contribution in [0.2, 0.25) is 0 Å². The van der Waals surface area contributed by atoms with Gasteiger partial charge < -0.3 is 5.73 Å². The standard InChI is InChI=1S/C17H17F3N6O/c1-16(2,26-12(15(21)27)5-7-23-26)14-9-11(24-25(14)3)10-4-6-22-13(8-10)17(18,19)20/h4-9H,1-3H3,(H2,21,27). The zero-order valence-corrected chi connectivity index (χ0v) is 14.8. The van der Waals surface area contributed by atoms with Gasteiger partial charge in [0.05, 0.1) is 16.9 Å². The normalized spacial score (nSPS) is 12.4. The number of nitrogens with two attached hydrogens (primary N) is 1. The van der Waals surface area contributed by atoms with E-state index in [1.165, 1.54) is 27.7 Å². The Morgan fingerprint density at radius 2 is 1.85 bits per heavy atom. The number of pyridine rings is 1. The molecule has 3 aromatic heterocycles. The summed E-state index contributed by atoms with van der Waals surface area (Å²) < 4.78 is 41.8. The summed E-state index contributed by atoms with van der Waals surface area (Å²) in [5.74, 6) is -0.632. The van der Waals surface area contributed by atoms with Crippen LogP contribution in [0.5, 0.6) is 0 Å². The summed E-state index contributed by atoms with van der Waals surface area (Å²) in [5.41, 5.74) is 5.05. The van der Waals surface area contributed by atoms with Gasteiger partial charge in [0.15, 0.2) is 0 Å². The summed E-state index contributed by atoms with van der Waals surface area (Å²) in [6.45, 7) is 3.61. The Balaban J connectivity index is 2.07. The van der Waals surface area contributed by atoms with Gasteiger partial charge >= 0.3 is 6.18 Å². The molecule has 1 amide bonds. The third-order valence-corrected chi connectivity index (χ3v) is 4.28. The molecule has 0 spiro atoms. The van der Waals surface area contributed by atoms with Crippen LogP contribution in [-0.4, -0.2) is 30.5 Å². The molecule has 7 nitrogen and oxygen atoms in total. The first-order valence-electron chi connectivity index (χ1n) is 7.94. The fourth-order valence-corrected chi connectivity index (χ4v) is 2.97. The predicted molar refractivity (Wildman–Crippen MR) is 90.6 cm³/mol. The van der Waals surface area contributed by atoms with Crippen molar-refractivity contribution in [3.05, 3.63) is 53.7 Å². The minimum absolute atomic E-state index is 0.214. The molecule has 27 heavy (non-hydrogen) atoms. The van der Waals surface area contributed by atoms with Crippen LogP contribution in [0, 0.1) is 0 Å². The largest absolute Gasteiger partial charge is 0.433 e. The Bertz CT molecular complexity index is 1000. The van der Waals surface area contributed by atoms with Crippen molar-refractivity contribution >= 4 is 5.91 Å². The van der Waals surface area contributed by atoms with E-state index in [1.807, 2.05) is 0 Å². The highest BCUT2D eigenvalue weighted by atomic mass is 19.4. The molecule has 3 rings (SSSR count). The first kappa shape index (κ1) is 18.6. The van der Waals surface area contributed by atoms with Crippen LogP contribution in [0.15, 0.2) is 36.7 Å². The summed E-state index contributed by atoms with van der Waals surface area (Å²) in [7, 11) is 1.67. The third kappa shape index (κ3) is 3.29. The van der Waals surface area contributed by atoms with Gasteiger partial charge in [0, 0.05) is 25.0 Å². The zero-order valence-electron chi connectivity index (χ0n) is 14.8. The molecule has 0 bridgehead atoms. The van der Waals surface area contributed by atoms with E-state index in [-0.39, 0.29) is 11.3 Å². The lowest BCUT2D eigenvalue weighted by Crippen LogP contribution is -2.35. The number of halogens is 3. The van der Waals surface area contributed by atoms with Crippen molar-refractivity contribution in [3.63, 3.8) is 0 Å². The Hall–Kier alpha value is -3.17. The zero-order chi connectivity index (χ0) is 20.0. The Morgan fingerprint density at radius 3 is 2.48 bits per heavy atom. The molecule has 0 aliphatic heterocycles. The number of rotatable bonds is 4. The molecule has 0 aliphatic rings. The lowest BCUT2D eigenvalue weighted by molar-refractivity contribution is -0.141. The summed E-state index contributed by atoms with van der Waals surface area (Å²) in [6, 6.07) is 5.56. The molecule has 3 heterocycles. The monoisotopic (exact) mass is 378 g/mol. The Kier molecular flexibility index (Phi) is 4.29. The van der Waals surface area contributed by atoms with Crippen molar-refractivity contribution in [1.29, 1.82) is 0 Å². The maximum atomic E-state index is 12.9. The number of amides is 1. The van der Waals surface area contributed by atoms with Crippen molar-refractivity contribution in [2.45, 2.75) is 25.6 Å². The van der Waals surface area contributed by atoms with Gasteiger partial charge in [0.2, 0.25) is 0 Å². The first-order valence-corrected chi connectivity index (χ1v) is 7.94. The molecular formula is C17H17F3N6O. The molecule has 0 unspecified atom stereocenters. The van der Waals surface area contributed by atoms with Crippen LogP contribution >= 0.6 is 0 Å². The van der Waals surface area contributed by atoms with E-state index in [4.69, 9.17) is 5.73 Å². The van der Waals surface area contributed by atoms with Crippen LogP contribution < -0.4 is 5.73 Å². The molecule has 2 N–H and O–H groups in total. The van der Waals surface area contributed by atoms with Crippen molar-refractivity contribution in [2.75, 3.05) is 0 Å². The van der Waals surface area contributed by atoms with E-state index < -0.39 is 23.3 Å². The second-order valence-corrected chi connectivity index (χ2v) is 6.52. The first-order chi connectivity index (χ1) is 12.5. The van der Waals surface area contributed by atoms with Crippen molar-refractivity contribution in [1.82, 2.24) is 24.5 Å². The second kappa shape index (κ2) is 6.22. The fourth-order valence-electron chi connectivity index (χ4n) is 2.97. The average molecular weight is 378 g/mol. The topological polar surface area (TPSA) is 91.6 Å². The molecule has 0 saturated carbocycles. The number of aromatic nitrogens is 5. The van der Waals surface area contributed by atoms with Crippen molar-refractivity contribution < 1.29 is 18.0 Å². The number of hydrogen-bond donors (Lipinski definition) is 1. The highest BCUT2D eigenvalue weighted by Crippen LogP contribution is 2.32. The summed E-state index contributed by atoms with van der Waals surface area (Å²) in [6.07, 6.45) is -1.99. The number of aryl methyl sites for hydroxylation is 1. The number of primary amides is 1. The molecule has 0 radical (unpaired) electrons. The van der Waals surface area contributed by atoms with Crippen LogP contribution in [0.1, 0.15) is 35.7 Å². The fraction of sp³-hybridized carbons (Fsp3) is 0.294. The maximum absolute atomic E-state index is 12.9. The van der Waals surface area contributed by atoms with Gasteiger partial charge in [-0.05, 0) is 38.1 Å². The van der Waals surface area contributed by atoms with Gasteiger partial charge in [0.1, 0.15) is 11.4 Å². The SMILES string of the molecule is Cn1nc(-c2ccnc(C(F)(F)F)c2)cc1C(C)(C)n1nccc1C(N)=O. The Morgan fingerprint density at radius 1 is 1.15 bits per heavy atom. The highest BCUT2D eigenvalue weighted by molar-refractivity contribution is 5.91. The van der Waals surface area contributed by atoms with Crippen LogP contribution in [0.4, 0.5) is 13.2 Å². The number of nitrogens with zero attached hydrogens (tertiary/aromatic N) is 5. The van der Waals surface area contributed by atoms with Crippen molar-refractivity contribution in [3.8, 4) is 11.3 Å². The van der Waals surface area contributed by atoms with Gasteiger partial charge in [-0.15, -0.1) is 0 Å². The van der Waals surface area contributed by atoms with Gasteiger partial charge in [-0.1, -0.05) is 0 Å². The number of carbonyl (C=O) groups excluding carboxylic acids is 1. The van der Waals surface area contributed by atoms with E-state index in [1.54, 1.807) is 27.0 Å². The predicted octanol–water partition coefficient (Wildman–Crippen LogP) is 2.58. The second-order valence-electron chi connectivity index (χ2n) is 6.52. The lowest BCUT2D eigenvalue weighted by Gasteiger charge is -2.27. The van der Waals surface area contributed by atoms with Gasteiger partial charge in [-0.25, -0.2) is 4.68 Å². The average Bonchev–Trinajstić information content (AvgIpc) is 3.21. The molecule has 0 aromatic carbocycles. The highest BCUT2D eigenvalue weighted by Gasteiger charge is 2.34. The number of alkyl halides is 3. The van der Waals surface area contributed by atoms with Crippen molar-refractivity contribution in [2.24, 2.45) is 12.8 Å². The number of carbonyl (C=O) groups is 1. The van der Waals surface area contributed by atoms with Crippen LogP contribution in [-0.2, 0) is 18.8 Å². The van der Waals surface area contributed by atoms with Crippen LogP contribution in [0.25, 0.3) is 11.3 Å². The maximum Gasteiger partial charge on any atom is 0.433 e. The summed E-state index contributed by atoms with van der Waals surface area (Å²) in [5, 5.41) is 8.49. The van der Waals surface area contributed by atoms with E-state index >= 15 is 0 Å². The van der Waals surface area contributed by atoms with E-state index in [0.29, 0.717) is 11.4 Å². The van der Waals surface area contributed by atoms with Gasteiger partial charge in [-0.2, -0.15) is 23.4 Å². The molecule has 0 atom stereocenters. The quantitative estimate of drug-likeness (QED) is 0.755. The summed E-state index contributed by atoms with van der Waals surface area (Å²) >= 11 is 0. The molecular weight excluding hydrogens is 361 g/mol. The molecule has 3 aromatic rings. The lowest BCUT2D eigenvalue weighted by atomic mass is 9.99. The molecule has 0 fully saturated rings. The van der Waals surface area contributed by atoms with Gasteiger partial charge in [0.25, 0.3) is 5.91 Å².